The number of pyridine rings is 1. The monoisotopic (exact) mass is 507 g/mol. The van der Waals surface area contributed by atoms with E-state index in [4.69, 9.17) is 14.2 Å². The third-order valence-corrected chi connectivity index (χ3v) is 5.84. The molecule has 192 valence electrons. The molecule has 1 aromatic heterocycles. The summed E-state index contributed by atoms with van der Waals surface area (Å²) in [5.74, 6) is -1.19. The van der Waals surface area contributed by atoms with E-state index in [0.29, 0.717) is 29.2 Å². The molecule has 1 heterocycles. The van der Waals surface area contributed by atoms with Gasteiger partial charge in [0.05, 0.1) is 13.2 Å². The van der Waals surface area contributed by atoms with E-state index < -0.39 is 24.4 Å². The molecule has 1 aliphatic rings. The van der Waals surface area contributed by atoms with Gasteiger partial charge in [-0.2, -0.15) is 13.2 Å². The van der Waals surface area contributed by atoms with Gasteiger partial charge in [0.25, 0.3) is 0 Å². The average Bonchev–Trinajstić information content (AvgIpc) is 3.64. The van der Waals surface area contributed by atoms with Gasteiger partial charge in [0.1, 0.15) is 11.4 Å². The summed E-state index contributed by atoms with van der Waals surface area (Å²) < 4.78 is 82.5. The number of alkyl halides is 3. The minimum atomic E-state index is -4.57. The van der Waals surface area contributed by atoms with Gasteiger partial charge in [0, 0.05) is 17.2 Å². The summed E-state index contributed by atoms with van der Waals surface area (Å²) in [5.41, 5.74) is 2.07. The topological polar surface area (TPSA) is 40.6 Å². The number of methoxy groups -OCH3 is 1. The molecule has 0 bridgehead atoms. The normalized spacial score (nSPS) is 14.4. The van der Waals surface area contributed by atoms with Gasteiger partial charge in [0.15, 0.2) is 29.7 Å². The number of aryl methyl sites for hydroxylation is 1. The van der Waals surface area contributed by atoms with Gasteiger partial charge in [-0.25, -0.2) is 13.8 Å². The summed E-state index contributed by atoms with van der Waals surface area (Å²) in [4.78, 5) is 4.54. The molecule has 1 unspecified atom stereocenters. The van der Waals surface area contributed by atoms with E-state index in [1.807, 2.05) is 25.1 Å². The number of benzene rings is 2. The van der Waals surface area contributed by atoms with E-state index in [0.717, 1.165) is 30.5 Å². The third-order valence-electron chi connectivity index (χ3n) is 5.84. The Morgan fingerprint density at radius 1 is 1.00 bits per heavy atom. The van der Waals surface area contributed by atoms with Crippen LogP contribution in [-0.2, 0) is 6.42 Å². The number of hydrogen-bond acceptors (Lipinski definition) is 4. The largest absolute Gasteiger partial charge is 0.493 e. The van der Waals surface area contributed by atoms with E-state index >= 15 is 0 Å². The zero-order valence-electron chi connectivity index (χ0n) is 20.1. The van der Waals surface area contributed by atoms with Crippen LogP contribution in [0.2, 0.25) is 0 Å². The van der Waals surface area contributed by atoms with Crippen LogP contribution in [-0.4, -0.2) is 31.0 Å². The molecule has 0 aliphatic heterocycles. The van der Waals surface area contributed by atoms with Gasteiger partial charge >= 0.3 is 6.18 Å². The SMILES string of the molecule is COc1cc(CC(C)c2cc(C)c(OCC(F)(F)F)c(-c3ccc(F)c(F)c3)n2)ccc1OC1CC1. The van der Waals surface area contributed by atoms with Gasteiger partial charge in [-0.3, -0.25) is 0 Å². The van der Waals surface area contributed by atoms with Crippen molar-refractivity contribution in [2.75, 3.05) is 13.7 Å². The molecule has 1 aliphatic carbocycles. The number of hydrogen-bond donors (Lipinski definition) is 0. The lowest BCUT2D eigenvalue weighted by Gasteiger charge is -2.19. The fraction of sp³-hybridized carbons (Fsp3) is 0.370. The van der Waals surface area contributed by atoms with Gasteiger partial charge < -0.3 is 14.2 Å². The third kappa shape index (κ3) is 6.25. The number of rotatable bonds is 9. The smallest absolute Gasteiger partial charge is 0.422 e. The predicted molar refractivity (Wildman–Crippen MR) is 125 cm³/mol. The van der Waals surface area contributed by atoms with Crippen LogP contribution in [0, 0.1) is 18.6 Å². The highest BCUT2D eigenvalue weighted by Gasteiger charge is 2.30. The Morgan fingerprint density at radius 2 is 1.75 bits per heavy atom. The Balaban J connectivity index is 1.65. The van der Waals surface area contributed by atoms with E-state index in [-0.39, 0.29) is 29.0 Å². The van der Waals surface area contributed by atoms with Gasteiger partial charge in [-0.05, 0) is 73.7 Å². The highest BCUT2D eigenvalue weighted by Crippen LogP contribution is 2.37. The second-order valence-electron chi connectivity index (χ2n) is 8.98. The van der Waals surface area contributed by atoms with E-state index in [1.54, 1.807) is 20.1 Å². The first-order valence-corrected chi connectivity index (χ1v) is 11.5. The molecule has 1 fully saturated rings. The predicted octanol–water partition coefficient (Wildman–Crippen LogP) is 7.17. The van der Waals surface area contributed by atoms with Crippen LogP contribution in [0.1, 0.15) is 42.5 Å². The van der Waals surface area contributed by atoms with Crippen molar-refractivity contribution < 1.29 is 36.2 Å². The van der Waals surface area contributed by atoms with Crippen LogP contribution in [0.5, 0.6) is 17.2 Å². The summed E-state index contributed by atoms with van der Waals surface area (Å²) in [7, 11) is 1.57. The molecular formula is C27H26F5NO3. The molecule has 0 N–H and O–H groups in total. The van der Waals surface area contributed by atoms with Gasteiger partial charge in [-0.15, -0.1) is 0 Å². The van der Waals surface area contributed by atoms with Crippen molar-refractivity contribution in [3.63, 3.8) is 0 Å². The second kappa shape index (κ2) is 10.3. The first kappa shape index (κ1) is 25.7. The maximum Gasteiger partial charge on any atom is 0.422 e. The van der Waals surface area contributed by atoms with Gasteiger partial charge in [0.2, 0.25) is 0 Å². The lowest BCUT2D eigenvalue weighted by Crippen LogP contribution is -2.20. The number of ether oxygens (including phenoxy) is 3. The van der Waals surface area contributed by atoms with Crippen LogP contribution in [0.15, 0.2) is 42.5 Å². The van der Waals surface area contributed by atoms with Gasteiger partial charge in [-0.1, -0.05) is 13.0 Å². The lowest BCUT2D eigenvalue weighted by molar-refractivity contribution is -0.153. The molecule has 4 nitrogen and oxygen atoms in total. The average molecular weight is 507 g/mol. The van der Waals surface area contributed by atoms with E-state index in [9.17, 15) is 22.0 Å². The summed E-state index contributed by atoms with van der Waals surface area (Å²) in [6, 6.07) is 10.4. The second-order valence-corrected chi connectivity index (χ2v) is 8.98. The molecule has 2 aromatic carbocycles. The fourth-order valence-electron chi connectivity index (χ4n) is 3.87. The van der Waals surface area contributed by atoms with Crippen LogP contribution in [0.3, 0.4) is 0 Å². The maximum absolute atomic E-state index is 14.0. The van der Waals surface area contributed by atoms with Crippen molar-refractivity contribution in [1.29, 1.82) is 0 Å². The standard InChI is InChI=1S/C27H26F5NO3/c1-15(10-17-4-9-23(24(12-17)34-3)36-19-6-7-19)22-11-16(2)26(35-14-27(30,31)32)25(33-22)18-5-8-20(28)21(29)13-18/h4-5,8-9,11-13,15,19H,6-7,10,14H2,1-3H3. The minimum absolute atomic E-state index is 0.0192. The first-order valence-electron chi connectivity index (χ1n) is 11.5. The Bertz CT molecular complexity index is 1240. The van der Waals surface area contributed by atoms with Crippen molar-refractivity contribution in [3.05, 3.63) is 70.9 Å². The summed E-state index contributed by atoms with van der Waals surface area (Å²) in [6.45, 7) is 1.99. The molecule has 36 heavy (non-hydrogen) atoms. The highest BCUT2D eigenvalue weighted by molar-refractivity contribution is 5.68. The molecule has 4 rings (SSSR count). The molecular weight excluding hydrogens is 481 g/mol. The van der Waals surface area contributed by atoms with Crippen LogP contribution >= 0.6 is 0 Å². The molecule has 0 radical (unpaired) electrons. The highest BCUT2D eigenvalue weighted by atomic mass is 19.4. The molecule has 0 amide bonds. The first-order chi connectivity index (χ1) is 17.0. The van der Waals surface area contributed by atoms with Crippen LogP contribution < -0.4 is 14.2 Å². The summed E-state index contributed by atoms with van der Waals surface area (Å²) >= 11 is 0. The molecule has 1 atom stereocenters. The molecule has 0 spiro atoms. The Labute approximate surface area is 206 Å². The Kier molecular flexibility index (Phi) is 7.38. The Hall–Kier alpha value is -3.36. The van der Waals surface area contributed by atoms with E-state index in [2.05, 4.69) is 4.98 Å². The summed E-state index contributed by atoms with van der Waals surface area (Å²) in [5, 5.41) is 0. The van der Waals surface area contributed by atoms with E-state index in [1.165, 1.54) is 6.07 Å². The van der Waals surface area contributed by atoms with Crippen LogP contribution in [0.25, 0.3) is 11.3 Å². The molecule has 9 heteroatoms. The fourth-order valence-corrected chi connectivity index (χ4v) is 3.87. The maximum atomic E-state index is 14.0. The number of halogens is 5. The zero-order chi connectivity index (χ0) is 26.0. The molecule has 0 saturated heterocycles. The van der Waals surface area contributed by atoms with Crippen LogP contribution in [0.4, 0.5) is 22.0 Å². The van der Waals surface area contributed by atoms with Crippen molar-refractivity contribution in [2.45, 2.75) is 51.3 Å². The van der Waals surface area contributed by atoms with Crippen molar-refractivity contribution in [1.82, 2.24) is 4.98 Å². The number of nitrogens with zero attached hydrogens (tertiary/aromatic N) is 1. The minimum Gasteiger partial charge on any atom is -0.493 e. The number of aromatic nitrogens is 1. The molecule has 3 aromatic rings. The quantitative estimate of drug-likeness (QED) is 0.288. The van der Waals surface area contributed by atoms with Crippen molar-refractivity contribution in [2.24, 2.45) is 0 Å². The van der Waals surface area contributed by atoms with Crippen molar-refractivity contribution >= 4 is 0 Å². The Morgan fingerprint density at radius 3 is 2.39 bits per heavy atom. The lowest BCUT2D eigenvalue weighted by atomic mass is 9.95. The van der Waals surface area contributed by atoms with Crippen molar-refractivity contribution in [3.8, 4) is 28.5 Å². The molecule has 1 saturated carbocycles. The zero-order valence-corrected chi connectivity index (χ0v) is 20.1. The summed E-state index contributed by atoms with van der Waals surface area (Å²) in [6.07, 6.45) is -1.75.